The molecular weight excluding hydrogens is 336 g/mol. The Balaban J connectivity index is 1.56. The van der Waals surface area contributed by atoms with Crippen molar-refractivity contribution in [3.05, 3.63) is 40.8 Å². The first-order valence-corrected chi connectivity index (χ1v) is 8.54. The summed E-state index contributed by atoms with van der Waals surface area (Å²) in [5.74, 6) is 1.72. The molecule has 0 saturated carbocycles. The van der Waals surface area contributed by atoms with E-state index in [-0.39, 0.29) is 24.5 Å². The number of rotatable bonds is 6. The average molecular weight is 358 g/mol. The number of hydrogen-bond donors (Lipinski definition) is 0. The second kappa shape index (κ2) is 7.59. The number of amides is 1. The Labute approximate surface area is 151 Å². The van der Waals surface area contributed by atoms with Crippen LogP contribution in [0.2, 0.25) is 0 Å². The van der Waals surface area contributed by atoms with Crippen LogP contribution >= 0.6 is 0 Å². The van der Waals surface area contributed by atoms with E-state index in [1.807, 2.05) is 13.8 Å². The van der Waals surface area contributed by atoms with Crippen molar-refractivity contribution in [2.24, 2.45) is 0 Å². The fourth-order valence-corrected chi connectivity index (χ4v) is 2.83. The molecule has 1 aliphatic heterocycles. The van der Waals surface area contributed by atoms with Gasteiger partial charge in [-0.05, 0) is 32.0 Å². The van der Waals surface area contributed by atoms with Gasteiger partial charge in [-0.3, -0.25) is 9.59 Å². The lowest BCUT2D eigenvalue weighted by Gasteiger charge is -2.19. The number of carbonyl (C=O) groups excluding carboxylic acids is 2. The highest BCUT2D eigenvalue weighted by Gasteiger charge is 2.18. The molecule has 0 unspecified atom stereocenters. The molecule has 0 aliphatic carbocycles. The number of benzene rings is 1. The first kappa shape index (κ1) is 18.0. The molecule has 7 nitrogen and oxygen atoms in total. The minimum atomic E-state index is -0.101. The summed E-state index contributed by atoms with van der Waals surface area (Å²) in [6.45, 7) is 5.05. The topological polar surface area (TPSA) is 81.9 Å². The van der Waals surface area contributed by atoms with Crippen molar-refractivity contribution in [2.45, 2.75) is 33.2 Å². The van der Waals surface area contributed by atoms with Crippen LogP contribution in [0.5, 0.6) is 11.5 Å². The average Bonchev–Trinajstić information content (AvgIpc) is 2.97. The molecule has 0 saturated heterocycles. The standard InChI is InChI=1S/C19H22N2O5/c1-12-15(13(2)26-20-12)11-21(3)19(23)7-5-16(22)14-4-6-17-18(10-14)25-9-8-24-17/h4,6,10H,5,7-9,11H2,1-3H3. The Bertz CT molecular complexity index is 808. The molecule has 0 radical (unpaired) electrons. The maximum Gasteiger partial charge on any atom is 0.223 e. The van der Waals surface area contributed by atoms with Gasteiger partial charge in [0, 0.05) is 31.0 Å². The maximum absolute atomic E-state index is 12.4. The molecule has 0 fully saturated rings. The van der Waals surface area contributed by atoms with Crippen molar-refractivity contribution in [2.75, 3.05) is 20.3 Å². The van der Waals surface area contributed by atoms with Crippen LogP contribution in [0.4, 0.5) is 0 Å². The van der Waals surface area contributed by atoms with Crippen LogP contribution < -0.4 is 9.47 Å². The minimum absolute atomic E-state index is 0.0962. The van der Waals surface area contributed by atoms with E-state index in [4.69, 9.17) is 14.0 Å². The van der Waals surface area contributed by atoms with Gasteiger partial charge in [0.05, 0.1) is 12.2 Å². The van der Waals surface area contributed by atoms with Crippen LogP contribution in [0.1, 0.15) is 40.2 Å². The summed E-state index contributed by atoms with van der Waals surface area (Å²) >= 11 is 0. The molecule has 0 bridgehead atoms. The molecule has 2 heterocycles. The fraction of sp³-hybridized carbons (Fsp3) is 0.421. The zero-order chi connectivity index (χ0) is 18.7. The van der Waals surface area contributed by atoms with E-state index in [0.29, 0.717) is 42.6 Å². The van der Waals surface area contributed by atoms with E-state index in [1.54, 1.807) is 30.1 Å². The lowest BCUT2D eigenvalue weighted by Crippen LogP contribution is -2.27. The second-order valence-corrected chi connectivity index (χ2v) is 6.33. The van der Waals surface area contributed by atoms with Crippen molar-refractivity contribution in [1.82, 2.24) is 10.1 Å². The Hall–Kier alpha value is -2.83. The lowest BCUT2D eigenvalue weighted by molar-refractivity contribution is -0.130. The van der Waals surface area contributed by atoms with Crippen LogP contribution in [-0.4, -0.2) is 42.0 Å². The fourth-order valence-electron chi connectivity index (χ4n) is 2.83. The zero-order valence-corrected chi connectivity index (χ0v) is 15.2. The number of ether oxygens (including phenoxy) is 2. The van der Waals surface area contributed by atoms with Gasteiger partial charge in [0.1, 0.15) is 19.0 Å². The van der Waals surface area contributed by atoms with Gasteiger partial charge in [0.2, 0.25) is 5.91 Å². The van der Waals surface area contributed by atoms with Crippen molar-refractivity contribution in [3.8, 4) is 11.5 Å². The summed E-state index contributed by atoms with van der Waals surface area (Å²) in [6, 6.07) is 5.11. The second-order valence-electron chi connectivity index (χ2n) is 6.33. The van der Waals surface area contributed by atoms with Gasteiger partial charge in [-0.25, -0.2) is 0 Å². The third-order valence-electron chi connectivity index (χ3n) is 4.43. The molecule has 26 heavy (non-hydrogen) atoms. The van der Waals surface area contributed by atoms with Gasteiger partial charge in [0.25, 0.3) is 0 Å². The highest BCUT2D eigenvalue weighted by molar-refractivity contribution is 5.98. The Morgan fingerprint density at radius 1 is 1.12 bits per heavy atom. The number of ketones is 1. The summed E-state index contributed by atoms with van der Waals surface area (Å²) in [5.41, 5.74) is 2.20. The molecule has 7 heteroatoms. The van der Waals surface area contributed by atoms with Crippen molar-refractivity contribution in [3.63, 3.8) is 0 Å². The highest BCUT2D eigenvalue weighted by Crippen LogP contribution is 2.31. The summed E-state index contributed by atoms with van der Waals surface area (Å²) < 4.78 is 16.1. The van der Waals surface area contributed by atoms with Gasteiger partial charge in [0.15, 0.2) is 17.3 Å². The Kier molecular flexibility index (Phi) is 5.25. The molecule has 0 N–H and O–H groups in total. The van der Waals surface area contributed by atoms with Crippen molar-refractivity contribution < 1.29 is 23.6 Å². The van der Waals surface area contributed by atoms with Crippen molar-refractivity contribution >= 4 is 11.7 Å². The first-order chi connectivity index (χ1) is 12.5. The molecule has 0 spiro atoms. The van der Waals surface area contributed by atoms with E-state index < -0.39 is 0 Å². The third-order valence-corrected chi connectivity index (χ3v) is 4.43. The highest BCUT2D eigenvalue weighted by atomic mass is 16.6. The predicted molar refractivity (Wildman–Crippen MR) is 93.4 cm³/mol. The normalized spacial score (nSPS) is 12.7. The third kappa shape index (κ3) is 3.87. The molecule has 1 aromatic carbocycles. The van der Waals surface area contributed by atoms with Crippen LogP contribution in [0.15, 0.2) is 22.7 Å². The van der Waals surface area contributed by atoms with Crippen LogP contribution in [0.25, 0.3) is 0 Å². The molecule has 1 aromatic heterocycles. The molecule has 0 atom stereocenters. The van der Waals surface area contributed by atoms with E-state index in [0.717, 1.165) is 11.3 Å². The van der Waals surface area contributed by atoms with Crippen LogP contribution in [0.3, 0.4) is 0 Å². The lowest BCUT2D eigenvalue weighted by atomic mass is 10.1. The van der Waals surface area contributed by atoms with E-state index >= 15 is 0 Å². The minimum Gasteiger partial charge on any atom is -0.486 e. The van der Waals surface area contributed by atoms with Crippen LogP contribution in [-0.2, 0) is 11.3 Å². The van der Waals surface area contributed by atoms with Crippen LogP contribution in [0, 0.1) is 13.8 Å². The first-order valence-electron chi connectivity index (χ1n) is 8.54. The van der Waals surface area contributed by atoms with Gasteiger partial charge in [-0.15, -0.1) is 0 Å². The van der Waals surface area contributed by atoms with Gasteiger partial charge < -0.3 is 18.9 Å². The number of hydrogen-bond acceptors (Lipinski definition) is 6. The number of aromatic nitrogens is 1. The van der Waals surface area contributed by atoms with E-state index in [2.05, 4.69) is 5.16 Å². The number of aryl methyl sites for hydroxylation is 2. The molecular formula is C19H22N2O5. The largest absolute Gasteiger partial charge is 0.486 e. The smallest absolute Gasteiger partial charge is 0.223 e. The monoisotopic (exact) mass is 358 g/mol. The number of fused-ring (bicyclic) bond motifs is 1. The van der Waals surface area contributed by atoms with Crippen molar-refractivity contribution in [1.29, 1.82) is 0 Å². The summed E-state index contributed by atoms with van der Waals surface area (Å²) in [4.78, 5) is 26.3. The van der Waals surface area contributed by atoms with Gasteiger partial charge >= 0.3 is 0 Å². The summed E-state index contributed by atoms with van der Waals surface area (Å²) in [7, 11) is 1.71. The summed E-state index contributed by atoms with van der Waals surface area (Å²) in [6.07, 6.45) is 0.289. The van der Waals surface area contributed by atoms with Gasteiger partial charge in [-0.1, -0.05) is 5.16 Å². The van der Waals surface area contributed by atoms with E-state index in [1.165, 1.54) is 0 Å². The quantitative estimate of drug-likeness (QED) is 0.739. The van der Waals surface area contributed by atoms with Gasteiger partial charge in [-0.2, -0.15) is 0 Å². The number of nitrogens with zero attached hydrogens (tertiary/aromatic N) is 2. The number of Topliss-reactive ketones (excluding diaryl/α,β-unsaturated/α-hetero) is 1. The predicted octanol–water partition coefficient (Wildman–Crippen LogP) is 2.68. The Morgan fingerprint density at radius 3 is 2.54 bits per heavy atom. The van der Waals surface area contributed by atoms with E-state index in [9.17, 15) is 9.59 Å². The number of carbonyl (C=O) groups is 2. The SMILES string of the molecule is Cc1noc(C)c1CN(C)C(=O)CCC(=O)c1ccc2c(c1)OCCO2. The molecule has 138 valence electrons. The molecule has 1 amide bonds. The zero-order valence-electron chi connectivity index (χ0n) is 15.2. The molecule has 2 aromatic rings. The maximum atomic E-state index is 12.4. The molecule has 1 aliphatic rings. The Morgan fingerprint density at radius 2 is 1.85 bits per heavy atom. The summed E-state index contributed by atoms with van der Waals surface area (Å²) in [5, 5.41) is 3.89. The molecule has 3 rings (SSSR count).